The van der Waals surface area contributed by atoms with E-state index in [0.717, 1.165) is 38.8 Å². The molecule has 0 amide bonds. The smallest absolute Gasteiger partial charge is 0.313 e. The fraction of sp³-hybridized carbons (Fsp3) is 0.929. The number of nitrogens with zero attached hydrogens (tertiary/aromatic N) is 2. The van der Waals surface area contributed by atoms with Crippen molar-refractivity contribution in [3.05, 3.63) is 0 Å². The molecule has 0 saturated carbocycles. The number of hydrogen-bond donors (Lipinski definition) is 1. The van der Waals surface area contributed by atoms with Gasteiger partial charge in [0.15, 0.2) is 0 Å². The Morgan fingerprint density at radius 2 is 2.11 bits per heavy atom. The molecule has 0 aromatic carbocycles. The van der Waals surface area contributed by atoms with E-state index in [-0.39, 0.29) is 0 Å². The Kier molecular flexibility index (Phi) is 4.81. The minimum absolute atomic E-state index is 0.371. The number of carboxylic acid groups (broad SMARTS) is 1. The second-order valence-corrected chi connectivity index (χ2v) is 6.21. The molecule has 1 atom stereocenters. The van der Waals surface area contributed by atoms with Crippen molar-refractivity contribution in [1.29, 1.82) is 0 Å². The van der Waals surface area contributed by atoms with Gasteiger partial charge in [-0.2, -0.15) is 0 Å². The van der Waals surface area contributed by atoms with Gasteiger partial charge in [-0.25, -0.2) is 0 Å². The third kappa shape index (κ3) is 3.46. The van der Waals surface area contributed by atoms with Crippen LogP contribution in [0.25, 0.3) is 0 Å². The predicted molar refractivity (Wildman–Crippen MR) is 73.3 cm³/mol. The molecule has 1 N–H and O–H groups in total. The number of likely N-dealkylation sites (tertiary alicyclic amines) is 1. The zero-order chi connectivity index (χ0) is 13.9. The van der Waals surface area contributed by atoms with Gasteiger partial charge in [-0.1, -0.05) is 0 Å². The third-order valence-corrected chi connectivity index (χ3v) is 4.59. The Morgan fingerprint density at radius 3 is 2.58 bits per heavy atom. The SMILES string of the molecule is CN(C)C1CCN(CC2(C(=O)O)CCCOC2)CC1. The molecule has 2 aliphatic heterocycles. The van der Waals surface area contributed by atoms with E-state index in [9.17, 15) is 9.90 Å². The van der Waals surface area contributed by atoms with E-state index in [1.54, 1.807) is 0 Å². The number of ether oxygens (including phenoxy) is 1. The predicted octanol–water partition coefficient (Wildman–Crippen LogP) is 0.894. The molecule has 0 bridgehead atoms. The molecule has 0 radical (unpaired) electrons. The highest BCUT2D eigenvalue weighted by molar-refractivity contribution is 5.75. The summed E-state index contributed by atoms with van der Waals surface area (Å²) in [6.07, 6.45) is 3.86. The van der Waals surface area contributed by atoms with E-state index in [2.05, 4.69) is 23.9 Å². The molecule has 110 valence electrons. The van der Waals surface area contributed by atoms with Gasteiger partial charge in [0.2, 0.25) is 0 Å². The number of aliphatic carboxylic acids is 1. The van der Waals surface area contributed by atoms with Crippen molar-refractivity contribution in [1.82, 2.24) is 9.80 Å². The van der Waals surface area contributed by atoms with Crippen molar-refractivity contribution in [2.45, 2.75) is 31.7 Å². The molecule has 5 heteroatoms. The monoisotopic (exact) mass is 270 g/mol. The van der Waals surface area contributed by atoms with Crippen molar-refractivity contribution >= 4 is 5.97 Å². The first-order valence-corrected chi connectivity index (χ1v) is 7.23. The van der Waals surface area contributed by atoms with Gasteiger partial charge in [-0.05, 0) is 52.9 Å². The van der Waals surface area contributed by atoms with Crippen LogP contribution in [0.15, 0.2) is 0 Å². The lowest BCUT2D eigenvalue weighted by atomic mass is 9.81. The van der Waals surface area contributed by atoms with E-state index < -0.39 is 11.4 Å². The van der Waals surface area contributed by atoms with Crippen LogP contribution >= 0.6 is 0 Å². The number of piperidine rings is 1. The van der Waals surface area contributed by atoms with Crippen molar-refractivity contribution in [3.8, 4) is 0 Å². The first-order valence-electron chi connectivity index (χ1n) is 7.23. The van der Waals surface area contributed by atoms with Gasteiger partial charge in [0, 0.05) is 19.2 Å². The van der Waals surface area contributed by atoms with Gasteiger partial charge in [0.25, 0.3) is 0 Å². The number of carbonyl (C=O) groups is 1. The molecule has 0 aliphatic carbocycles. The molecule has 2 fully saturated rings. The third-order valence-electron chi connectivity index (χ3n) is 4.59. The first-order chi connectivity index (χ1) is 9.03. The average Bonchev–Trinajstić information content (AvgIpc) is 2.40. The maximum absolute atomic E-state index is 11.6. The molecular formula is C14H26N2O3. The molecule has 0 aromatic heterocycles. The fourth-order valence-electron chi connectivity index (χ4n) is 3.24. The minimum Gasteiger partial charge on any atom is -0.481 e. The van der Waals surface area contributed by atoms with Crippen LogP contribution in [0, 0.1) is 5.41 Å². The number of hydrogen-bond acceptors (Lipinski definition) is 4. The summed E-state index contributed by atoms with van der Waals surface area (Å²) in [6, 6.07) is 0.639. The normalized spacial score (nSPS) is 30.7. The van der Waals surface area contributed by atoms with Crippen LogP contribution in [0.2, 0.25) is 0 Å². The molecule has 1 unspecified atom stereocenters. The largest absolute Gasteiger partial charge is 0.481 e. The Morgan fingerprint density at radius 1 is 1.42 bits per heavy atom. The lowest BCUT2D eigenvalue weighted by molar-refractivity contribution is -0.159. The molecular weight excluding hydrogens is 244 g/mol. The van der Waals surface area contributed by atoms with Gasteiger partial charge in [-0.15, -0.1) is 0 Å². The van der Waals surface area contributed by atoms with Crippen LogP contribution in [0.4, 0.5) is 0 Å². The van der Waals surface area contributed by atoms with Gasteiger partial charge in [-0.3, -0.25) is 4.79 Å². The average molecular weight is 270 g/mol. The Balaban J connectivity index is 1.90. The fourth-order valence-corrected chi connectivity index (χ4v) is 3.24. The van der Waals surface area contributed by atoms with E-state index in [0.29, 0.717) is 25.8 Å². The summed E-state index contributed by atoms with van der Waals surface area (Å²) < 4.78 is 5.43. The quantitative estimate of drug-likeness (QED) is 0.822. The highest BCUT2D eigenvalue weighted by Gasteiger charge is 2.42. The molecule has 5 nitrogen and oxygen atoms in total. The Bertz CT molecular complexity index is 306. The van der Waals surface area contributed by atoms with Crippen LogP contribution in [-0.4, -0.2) is 73.9 Å². The van der Waals surface area contributed by atoms with E-state index in [4.69, 9.17) is 4.74 Å². The van der Waals surface area contributed by atoms with Gasteiger partial charge < -0.3 is 19.6 Å². The Labute approximate surface area is 115 Å². The Hall–Kier alpha value is -0.650. The van der Waals surface area contributed by atoms with Crippen LogP contribution in [0.5, 0.6) is 0 Å². The second kappa shape index (κ2) is 6.20. The van der Waals surface area contributed by atoms with Gasteiger partial charge in [0.05, 0.1) is 6.61 Å². The van der Waals surface area contributed by atoms with E-state index in [1.165, 1.54) is 0 Å². The number of carboxylic acids is 1. The van der Waals surface area contributed by atoms with Gasteiger partial charge >= 0.3 is 5.97 Å². The summed E-state index contributed by atoms with van der Waals surface area (Å²) in [5, 5.41) is 9.54. The second-order valence-electron chi connectivity index (χ2n) is 6.21. The van der Waals surface area contributed by atoms with Crippen molar-refractivity contribution in [2.24, 2.45) is 5.41 Å². The summed E-state index contributed by atoms with van der Waals surface area (Å²) in [7, 11) is 4.24. The topological polar surface area (TPSA) is 53.0 Å². The molecule has 2 heterocycles. The summed E-state index contributed by atoms with van der Waals surface area (Å²) >= 11 is 0. The van der Waals surface area contributed by atoms with E-state index in [1.807, 2.05) is 0 Å². The van der Waals surface area contributed by atoms with Gasteiger partial charge in [0.1, 0.15) is 5.41 Å². The highest BCUT2D eigenvalue weighted by atomic mass is 16.5. The lowest BCUT2D eigenvalue weighted by Crippen LogP contribution is -2.51. The zero-order valence-corrected chi connectivity index (χ0v) is 12.1. The molecule has 2 saturated heterocycles. The summed E-state index contributed by atoms with van der Waals surface area (Å²) in [6.45, 7) is 3.71. The maximum atomic E-state index is 11.6. The van der Waals surface area contributed by atoms with E-state index >= 15 is 0 Å². The molecule has 0 spiro atoms. The van der Waals surface area contributed by atoms with Crippen molar-refractivity contribution < 1.29 is 14.6 Å². The molecule has 19 heavy (non-hydrogen) atoms. The lowest BCUT2D eigenvalue weighted by Gasteiger charge is -2.41. The standard InChI is InChI=1S/C14H26N2O3/c1-15(2)12-4-7-16(8-5-12)10-14(13(17)18)6-3-9-19-11-14/h12H,3-11H2,1-2H3,(H,17,18). The molecule has 0 aromatic rings. The maximum Gasteiger partial charge on any atom is 0.313 e. The molecule has 2 rings (SSSR count). The van der Waals surface area contributed by atoms with Crippen LogP contribution in [-0.2, 0) is 9.53 Å². The zero-order valence-electron chi connectivity index (χ0n) is 12.1. The van der Waals surface area contributed by atoms with Crippen molar-refractivity contribution in [3.63, 3.8) is 0 Å². The van der Waals surface area contributed by atoms with Crippen LogP contribution in [0.1, 0.15) is 25.7 Å². The minimum atomic E-state index is -0.693. The van der Waals surface area contributed by atoms with Crippen LogP contribution < -0.4 is 0 Å². The first kappa shape index (κ1) is 14.8. The molecule has 2 aliphatic rings. The highest BCUT2D eigenvalue weighted by Crippen LogP contribution is 2.31. The summed E-state index contributed by atoms with van der Waals surface area (Å²) in [5.41, 5.74) is -0.677. The summed E-state index contributed by atoms with van der Waals surface area (Å²) in [5.74, 6) is -0.693. The van der Waals surface area contributed by atoms with Crippen molar-refractivity contribution in [2.75, 3.05) is 46.9 Å². The summed E-state index contributed by atoms with van der Waals surface area (Å²) in [4.78, 5) is 16.2. The number of rotatable bonds is 4. The van der Waals surface area contributed by atoms with Crippen LogP contribution in [0.3, 0.4) is 0 Å².